The summed E-state index contributed by atoms with van der Waals surface area (Å²) in [6, 6.07) is 16.4. The Hall–Kier alpha value is -2.38. The quantitative estimate of drug-likeness (QED) is 0.803. The number of carbonyl (C=O) groups excluding carboxylic acids is 1. The second kappa shape index (κ2) is 8.32. The van der Waals surface area contributed by atoms with E-state index in [1.165, 1.54) is 11.2 Å². The van der Waals surface area contributed by atoms with Crippen molar-refractivity contribution in [3.63, 3.8) is 0 Å². The van der Waals surface area contributed by atoms with E-state index < -0.39 is 20.7 Å². The number of sulfonamides is 1. The molecule has 1 heterocycles. The van der Waals surface area contributed by atoms with Crippen LogP contribution in [0, 0.1) is 0 Å². The summed E-state index contributed by atoms with van der Waals surface area (Å²) in [5, 5.41) is 2.76. The van der Waals surface area contributed by atoms with E-state index in [2.05, 4.69) is 5.32 Å². The lowest BCUT2D eigenvalue weighted by Gasteiger charge is -2.38. The van der Waals surface area contributed by atoms with Crippen LogP contribution in [0.3, 0.4) is 0 Å². The topological polar surface area (TPSA) is 75.7 Å². The van der Waals surface area contributed by atoms with Crippen molar-refractivity contribution >= 4 is 21.6 Å². The van der Waals surface area contributed by atoms with Gasteiger partial charge in [-0.15, -0.1) is 0 Å². The van der Waals surface area contributed by atoms with Crippen LogP contribution >= 0.6 is 0 Å². The minimum atomic E-state index is -3.80. The van der Waals surface area contributed by atoms with Gasteiger partial charge in [-0.3, -0.25) is 4.79 Å². The number of hydrogen-bond donors (Lipinski definition) is 1. The molecule has 0 saturated carbocycles. The van der Waals surface area contributed by atoms with Crippen molar-refractivity contribution in [3.8, 4) is 5.75 Å². The van der Waals surface area contributed by atoms with Gasteiger partial charge in [0.25, 0.3) is 0 Å². The molecule has 1 saturated heterocycles. The monoisotopic (exact) mass is 402 g/mol. The third-order valence-electron chi connectivity index (χ3n) is 5.08. The molecule has 1 aliphatic rings. The molecular weight excluding hydrogens is 376 g/mol. The van der Waals surface area contributed by atoms with Gasteiger partial charge in [-0.25, -0.2) is 8.42 Å². The fourth-order valence-corrected chi connectivity index (χ4v) is 5.32. The Morgan fingerprint density at radius 3 is 2.46 bits per heavy atom. The predicted octanol–water partition coefficient (Wildman–Crippen LogP) is 3.41. The zero-order valence-electron chi connectivity index (χ0n) is 16.2. The highest BCUT2D eigenvalue weighted by Crippen LogP contribution is 2.34. The Balaban J connectivity index is 1.77. The van der Waals surface area contributed by atoms with Crippen LogP contribution in [0.1, 0.15) is 32.3 Å². The molecule has 0 unspecified atom stereocenters. The van der Waals surface area contributed by atoms with E-state index in [-0.39, 0.29) is 6.54 Å². The zero-order valence-corrected chi connectivity index (χ0v) is 17.0. The average molecular weight is 403 g/mol. The van der Waals surface area contributed by atoms with Gasteiger partial charge in [0, 0.05) is 18.8 Å². The van der Waals surface area contributed by atoms with Crippen LogP contribution < -0.4 is 10.1 Å². The van der Waals surface area contributed by atoms with E-state index >= 15 is 0 Å². The number of rotatable bonds is 6. The fraction of sp³-hybridized carbons (Fsp3) is 0.381. The molecule has 0 radical (unpaired) electrons. The van der Waals surface area contributed by atoms with Gasteiger partial charge in [-0.2, -0.15) is 4.31 Å². The fourth-order valence-electron chi connectivity index (χ4n) is 3.37. The third-order valence-corrected chi connectivity index (χ3v) is 7.60. The molecule has 1 aliphatic heterocycles. The summed E-state index contributed by atoms with van der Waals surface area (Å²) < 4.78 is 31.8. The lowest BCUT2D eigenvalue weighted by Crippen LogP contribution is -2.56. The highest BCUT2D eigenvalue weighted by Gasteiger charge is 2.51. The number of hydrogen-bond acceptors (Lipinski definition) is 4. The molecule has 7 heteroatoms. The van der Waals surface area contributed by atoms with Crippen LogP contribution in [0.2, 0.25) is 0 Å². The number of nitrogens with one attached hydrogen (secondary N) is 1. The largest absolute Gasteiger partial charge is 0.494 e. The second-order valence-electron chi connectivity index (χ2n) is 7.07. The molecule has 28 heavy (non-hydrogen) atoms. The van der Waals surface area contributed by atoms with Crippen molar-refractivity contribution in [2.45, 2.75) is 38.0 Å². The highest BCUT2D eigenvalue weighted by molar-refractivity contribution is 7.91. The third kappa shape index (κ3) is 4.05. The molecule has 1 N–H and O–H groups in total. The molecule has 3 rings (SSSR count). The first-order chi connectivity index (χ1) is 13.4. The maximum Gasteiger partial charge on any atom is 0.246 e. The second-order valence-corrected chi connectivity index (χ2v) is 9.44. The molecule has 0 spiro atoms. The molecule has 1 amide bonds. The van der Waals surface area contributed by atoms with Crippen LogP contribution in [-0.2, 0) is 21.4 Å². The average Bonchev–Trinajstić information content (AvgIpc) is 2.68. The lowest BCUT2D eigenvalue weighted by molar-refractivity contribution is -0.118. The summed E-state index contributed by atoms with van der Waals surface area (Å²) in [6.07, 6.45) is 0.933. The maximum atomic E-state index is 13.3. The van der Waals surface area contributed by atoms with Crippen molar-refractivity contribution in [3.05, 3.63) is 60.2 Å². The first kappa shape index (κ1) is 20.4. The summed E-state index contributed by atoms with van der Waals surface area (Å²) >= 11 is 0. The van der Waals surface area contributed by atoms with E-state index in [1.807, 2.05) is 37.3 Å². The summed E-state index contributed by atoms with van der Waals surface area (Å²) in [5.41, 5.74) is 1.45. The molecular formula is C21H26N2O4S. The predicted molar refractivity (Wildman–Crippen MR) is 110 cm³/mol. The van der Waals surface area contributed by atoms with Crippen LogP contribution in [0.25, 0.3) is 0 Å². The summed E-state index contributed by atoms with van der Waals surface area (Å²) in [5.74, 6) is 0.195. The SMILES string of the molecule is CCOc1ccc(NC(=O)[C@@]2(C)CCCN(Cc3ccccc3)S2(=O)=O)cc1. The summed E-state index contributed by atoms with van der Waals surface area (Å²) in [4.78, 5) is 13.0. The van der Waals surface area contributed by atoms with E-state index in [9.17, 15) is 13.2 Å². The van der Waals surface area contributed by atoms with Crippen molar-refractivity contribution in [2.75, 3.05) is 18.5 Å². The number of benzene rings is 2. The van der Waals surface area contributed by atoms with Crippen LogP contribution in [0.5, 0.6) is 5.75 Å². The van der Waals surface area contributed by atoms with Crippen LogP contribution in [-0.4, -0.2) is 36.5 Å². The minimum absolute atomic E-state index is 0.273. The smallest absolute Gasteiger partial charge is 0.246 e. The summed E-state index contributed by atoms with van der Waals surface area (Å²) in [6.45, 7) is 4.66. The Labute approximate surface area is 166 Å². The van der Waals surface area contributed by atoms with Crippen LogP contribution in [0.4, 0.5) is 5.69 Å². The van der Waals surface area contributed by atoms with E-state index in [0.717, 1.165) is 5.56 Å². The Morgan fingerprint density at radius 1 is 1.14 bits per heavy atom. The number of amides is 1. The minimum Gasteiger partial charge on any atom is -0.494 e. The molecule has 150 valence electrons. The Kier molecular flexibility index (Phi) is 6.05. The Morgan fingerprint density at radius 2 is 1.82 bits per heavy atom. The number of nitrogens with zero attached hydrogens (tertiary/aromatic N) is 1. The first-order valence-corrected chi connectivity index (χ1v) is 10.9. The maximum absolute atomic E-state index is 13.3. The van der Waals surface area contributed by atoms with Gasteiger partial charge >= 0.3 is 0 Å². The van der Waals surface area contributed by atoms with Gasteiger partial charge in [0.05, 0.1) is 6.61 Å². The van der Waals surface area contributed by atoms with Gasteiger partial charge in [-0.1, -0.05) is 30.3 Å². The van der Waals surface area contributed by atoms with Gasteiger partial charge in [0.2, 0.25) is 15.9 Å². The molecule has 1 fully saturated rings. The number of carbonyl (C=O) groups is 1. The van der Waals surface area contributed by atoms with Crippen molar-refractivity contribution < 1.29 is 17.9 Å². The number of ether oxygens (including phenoxy) is 1. The normalized spacial score (nSPS) is 21.8. The highest BCUT2D eigenvalue weighted by atomic mass is 32.2. The van der Waals surface area contributed by atoms with E-state index in [4.69, 9.17) is 4.74 Å². The lowest BCUT2D eigenvalue weighted by atomic mass is 10.0. The first-order valence-electron chi connectivity index (χ1n) is 9.45. The molecule has 1 atom stereocenters. The van der Waals surface area contributed by atoms with E-state index in [0.29, 0.717) is 37.4 Å². The van der Waals surface area contributed by atoms with Crippen molar-refractivity contribution in [1.82, 2.24) is 4.31 Å². The molecule has 6 nitrogen and oxygen atoms in total. The van der Waals surface area contributed by atoms with Crippen molar-refractivity contribution in [1.29, 1.82) is 0 Å². The van der Waals surface area contributed by atoms with Gasteiger partial charge < -0.3 is 10.1 Å². The molecule has 0 aliphatic carbocycles. The molecule has 2 aromatic carbocycles. The molecule has 0 aromatic heterocycles. The van der Waals surface area contributed by atoms with Gasteiger partial charge in [-0.05, 0) is 56.5 Å². The zero-order chi connectivity index (χ0) is 20.2. The van der Waals surface area contributed by atoms with E-state index in [1.54, 1.807) is 24.3 Å². The van der Waals surface area contributed by atoms with Crippen LogP contribution in [0.15, 0.2) is 54.6 Å². The van der Waals surface area contributed by atoms with Gasteiger partial charge in [0.15, 0.2) is 4.75 Å². The van der Waals surface area contributed by atoms with Gasteiger partial charge in [0.1, 0.15) is 5.75 Å². The Bertz CT molecular complexity index is 913. The standard InChI is InChI=1S/C21H26N2O4S/c1-3-27-19-12-10-18(11-13-19)22-20(24)21(2)14-7-15-23(28(21,25)26)16-17-8-5-4-6-9-17/h4-6,8-13H,3,7,14-16H2,1-2H3,(H,22,24)/t21-/m1/s1. The summed E-state index contributed by atoms with van der Waals surface area (Å²) in [7, 11) is -3.80. The molecule has 0 bridgehead atoms. The van der Waals surface area contributed by atoms with Crippen molar-refractivity contribution in [2.24, 2.45) is 0 Å². The number of anilines is 1. The molecule has 2 aromatic rings.